The lowest BCUT2D eigenvalue weighted by Crippen LogP contribution is -2.25. The van der Waals surface area contributed by atoms with Gasteiger partial charge in [-0.3, -0.25) is 9.59 Å². The van der Waals surface area contributed by atoms with Gasteiger partial charge in [0, 0.05) is 25.8 Å². The van der Waals surface area contributed by atoms with Crippen molar-refractivity contribution >= 4 is 11.9 Å². The topological polar surface area (TPSA) is 75.6 Å². The number of aliphatic carboxylic acids is 1. The highest BCUT2D eigenvalue weighted by atomic mass is 16.5. The second-order valence-electron chi connectivity index (χ2n) is 5.24. The summed E-state index contributed by atoms with van der Waals surface area (Å²) in [5.74, 6) is 0.155. The van der Waals surface area contributed by atoms with Crippen molar-refractivity contribution in [2.24, 2.45) is 0 Å². The van der Waals surface area contributed by atoms with E-state index in [1.165, 1.54) is 11.1 Å². The highest BCUT2D eigenvalue weighted by Crippen LogP contribution is 2.25. The van der Waals surface area contributed by atoms with Crippen LogP contribution < -0.4 is 10.1 Å². The van der Waals surface area contributed by atoms with Crippen LogP contribution in [0.5, 0.6) is 5.75 Å². The Bertz CT molecular complexity index is 513. The number of hydrogen-bond acceptors (Lipinski definition) is 3. The zero-order chi connectivity index (χ0) is 15.1. The van der Waals surface area contributed by atoms with E-state index >= 15 is 0 Å². The molecule has 0 fully saturated rings. The first-order valence-electron chi connectivity index (χ1n) is 7.38. The second kappa shape index (κ2) is 7.67. The van der Waals surface area contributed by atoms with E-state index in [1.807, 2.05) is 12.1 Å². The van der Waals surface area contributed by atoms with Crippen LogP contribution in [-0.4, -0.2) is 30.1 Å². The van der Waals surface area contributed by atoms with Gasteiger partial charge in [0.05, 0.1) is 6.61 Å². The average Bonchev–Trinajstić information content (AvgIpc) is 2.91. The second-order valence-corrected chi connectivity index (χ2v) is 5.24. The van der Waals surface area contributed by atoms with Crippen molar-refractivity contribution in [1.29, 1.82) is 0 Å². The van der Waals surface area contributed by atoms with Crippen molar-refractivity contribution in [1.82, 2.24) is 5.32 Å². The third-order valence-electron chi connectivity index (χ3n) is 3.53. The van der Waals surface area contributed by atoms with Crippen LogP contribution >= 0.6 is 0 Å². The Hall–Kier alpha value is -2.04. The van der Waals surface area contributed by atoms with E-state index in [4.69, 9.17) is 9.84 Å². The molecule has 0 atom stereocenters. The zero-order valence-electron chi connectivity index (χ0n) is 12.1. The molecule has 0 radical (unpaired) electrons. The first kappa shape index (κ1) is 15.4. The average molecular weight is 291 g/mol. The molecule has 1 aliphatic heterocycles. The van der Waals surface area contributed by atoms with Crippen LogP contribution in [0.3, 0.4) is 0 Å². The Balaban J connectivity index is 1.62. The van der Waals surface area contributed by atoms with E-state index in [0.717, 1.165) is 25.2 Å². The highest BCUT2D eigenvalue weighted by molar-refractivity contribution is 5.75. The molecule has 1 heterocycles. The van der Waals surface area contributed by atoms with Gasteiger partial charge in [-0.05, 0) is 36.5 Å². The number of carboxylic acids is 1. The van der Waals surface area contributed by atoms with E-state index < -0.39 is 5.97 Å². The third kappa shape index (κ3) is 5.10. The Kier molecular flexibility index (Phi) is 5.60. The number of carbonyl (C=O) groups excluding carboxylic acids is 1. The first-order chi connectivity index (χ1) is 10.1. The normalized spacial score (nSPS) is 12.6. The summed E-state index contributed by atoms with van der Waals surface area (Å²) >= 11 is 0. The molecule has 5 nitrogen and oxygen atoms in total. The standard InChI is InChI=1S/C16H21NO4/c18-15(3-1-2-4-16(19)20)17-9-7-12-5-6-14-13(11-12)8-10-21-14/h5-6,11H,1-4,7-10H2,(H,17,18)(H,19,20). The minimum Gasteiger partial charge on any atom is -0.493 e. The number of amides is 1. The van der Waals surface area contributed by atoms with Gasteiger partial charge in [-0.15, -0.1) is 0 Å². The number of rotatable bonds is 8. The number of carbonyl (C=O) groups is 2. The molecule has 2 rings (SSSR count). The predicted molar refractivity (Wildman–Crippen MR) is 78.5 cm³/mol. The van der Waals surface area contributed by atoms with Crippen LogP contribution in [0.25, 0.3) is 0 Å². The SMILES string of the molecule is O=C(O)CCCCC(=O)NCCc1ccc2c(c1)CCO2. The van der Waals surface area contributed by atoms with E-state index in [9.17, 15) is 9.59 Å². The van der Waals surface area contributed by atoms with Crippen LogP contribution in [0, 0.1) is 0 Å². The molecule has 0 bridgehead atoms. The molecule has 21 heavy (non-hydrogen) atoms. The summed E-state index contributed by atoms with van der Waals surface area (Å²) in [5, 5.41) is 11.4. The predicted octanol–water partition coefficient (Wildman–Crippen LogP) is 1.93. The molecule has 1 aromatic carbocycles. The summed E-state index contributed by atoms with van der Waals surface area (Å²) in [6.45, 7) is 1.36. The lowest BCUT2D eigenvalue weighted by molar-refractivity contribution is -0.137. The number of carboxylic acid groups (broad SMARTS) is 1. The van der Waals surface area contributed by atoms with Crippen molar-refractivity contribution in [2.45, 2.75) is 38.5 Å². The van der Waals surface area contributed by atoms with Gasteiger partial charge in [0.2, 0.25) is 5.91 Å². The maximum atomic E-state index is 11.6. The number of nitrogens with one attached hydrogen (secondary N) is 1. The quantitative estimate of drug-likeness (QED) is 0.718. The summed E-state index contributed by atoms with van der Waals surface area (Å²) in [5.41, 5.74) is 2.44. The molecule has 5 heteroatoms. The summed E-state index contributed by atoms with van der Waals surface area (Å²) in [4.78, 5) is 21.9. The van der Waals surface area contributed by atoms with Gasteiger partial charge in [-0.2, -0.15) is 0 Å². The first-order valence-corrected chi connectivity index (χ1v) is 7.38. The molecular formula is C16H21NO4. The van der Waals surface area contributed by atoms with E-state index in [-0.39, 0.29) is 12.3 Å². The van der Waals surface area contributed by atoms with Crippen LogP contribution in [0.4, 0.5) is 0 Å². The van der Waals surface area contributed by atoms with E-state index in [0.29, 0.717) is 25.8 Å². The fraction of sp³-hybridized carbons (Fsp3) is 0.500. The van der Waals surface area contributed by atoms with Gasteiger partial charge in [-0.1, -0.05) is 12.1 Å². The zero-order valence-corrected chi connectivity index (χ0v) is 12.1. The Morgan fingerprint density at radius 3 is 2.86 bits per heavy atom. The monoisotopic (exact) mass is 291 g/mol. The van der Waals surface area contributed by atoms with Crippen molar-refractivity contribution in [3.8, 4) is 5.75 Å². The minimum absolute atomic E-state index is 0.00937. The van der Waals surface area contributed by atoms with Crippen LogP contribution in [-0.2, 0) is 22.4 Å². The van der Waals surface area contributed by atoms with Crippen LogP contribution in [0.1, 0.15) is 36.8 Å². The molecule has 0 aromatic heterocycles. The van der Waals surface area contributed by atoms with Gasteiger partial charge in [0.1, 0.15) is 5.75 Å². The van der Waals surface area contributed by atoms with Crippen LogP contribution in [0.15, 0.2) is 18.2 Å². The molecule has 1 aromatic rings. The molecule has 2 N–H and O–H groups in total. The molecule has 1 aliphatic rings. The lowest BCUT2D eigenvalue weighted by Gasteiger charge is -2.06. The molecule has 0 unspecified atom stereocenters. The van der Waals surface area contributed by atoms with Gasteiger partial charge >= 0.3 is 5.97 Å². The fourth-order valence-corrected chi connectivity index (χ4v) is 2.39. The van der Waals surface area contributed by atoms with Gasteiger partial charge in [0.25, 0.3) is 0 Å². The number of ether oxygens (including phenoxy) is 1. The summed E-state index contributed by atoms with van der Waals surface area (Å²) in [6.07, 6.45) is 3.45. The molecule has 0 spiro atoms. The number of benzene rings is 1. The third-order valence-corrected chi connectivity index (χ3v) is 3.53. The van der Waals surface area contributed by atoms with Gasteiger partial charge in [-0.25, -0.2) is 0 Å². The van der Waals surface area contributed by atoms with Gasteiger partial charge < -0.3 is 15.2 Å². The molecule has 0 aliphatic carbocycles. The maximum Gasteiger partial charge on any atom is 0.303 e. The minimum atomic E-state index is -0.809. The molecule has 114 valence electrons. The van der Waals surface area contributed by atoms with Crippen molar-refractivity contribution in [3.63, 3.8) is 0 Å². The summed E-state index contributed by atoms with van der Waals surface area (Å²) in [6, 6.07) is 6.16. The number of unbranched alkanes of at least 4 members (excludes halogenated alkanes) is 1. The Morgan fingerprint density at radius 2 is 2.05 bits per heavy atom. The summed E-state index contributed by atoms with van der Waals surface area (Å²) in [7, 11) is 0. The fourth-order valence-electron chi connectivity index (χ4n) is 2.39. The van der Waals surface area contributed by atoms with Crippen molar-refractivity contribution < 1.29 is 19.4 Å². The smallest absolute Gasteiger partial charge is 0.303 e. The van der Waals surface area contributed by atoms with Crippen molar-refractivity contribution in [2.75, 3.05) is 13.2 Å². The molecule has 1 amide bonds. The highest BCUT2D eigenvalue weighted by Gasteiger charge is 2.11. The van der Waals surface area contributed by atoms with E-state index in [2.05, 4.69) is 11.4 Å². The maximum absolute atomic E-state index is 11.6. The van der Waals surface area contributed by atoms with Gasteiger partial charge in [0.15, 0.2) is 0 Å². The molecule has 0 saturated heterocycles. The number of fused-ring (bicyclic) bond motifs is 1. The Morgan fingerprint density at radius 1 is 1.24 bits per heavy atom. The summed E-state index contributed by atoms with van der Waals surface area (Å²) < 4.78 is 5.46. The van der Waals surface area contributed by atoms with Crippen LogP contribution in [0.2, 0.25) is 0 Å². The molecule has 0 saturated carbocycles. The lowest BCUT2D eigenvalue weighted by atomic mass is 10.1. The Labute approximate surface area is 124 Å². The van der Waals surface area contributed by atoms with E-state index in [1.54, 1.807) is 0 Å². The number of hydrogen-bond donors (Lipinski definition) is 2. The largest absolute Gasteiger partial charge is 0.493 e. The van der Waals surface area contributed by atoms with Crippen molar-refractivity contribution in [3.05, 3.63) is 29.3 Å². The molecular weight excluding hydrogens is 270 g/mol.